The highest BCUT2D eigenvalue weighted by atomic mass is 16.5. The molecule has 3 rings (SSSR count). The summed E-state index contributed by atoms with van der Waals surface area (Å²) >= 11 is 0. The van der Waals surface area contributed by atoms with E-state index in [9.17, 15) is 14.4 Å². The number of nitrogens with zero attached hydrogens (tertiary/aromatic N) is 1. The fourth-order valence-electron chi connectivity index (χ4n) is 3.25. The van der Waals surface area contributed by atoms with Gasteiger partial charge in [-0.15, -0.1) is 0 Å². The van der Waals surface area contributed by atoms with Gasteiger partial charge in [0.15, 0.2) is 6.61 Å². The van der Waals surface area contributed by atoms with Crippen LogP contribution in [0.5, 0.6) is 0 Å². The number of ether oxygens (including phenoxy) is 1. The molecule has 1 heterocycles. The van der Waals surface area contributed by atoms with E-state index in [-0.39, 0.29) is 0 Å². The normalized spacial score (nSPS) is 16.6. The average Bonchev–Trinajstić information content (AvgIpc) is 2.72. The topological polar surface area (TPSA) is 89.7 Å². The second-order valence-corrected chi connectivity index (χ2v) is 6.52. The maximum Gasteiger partial charge on any atom is 0.338 e. The second-order valence-electron chi connectivity index (χ2n) is 6.52. The minimum absolute atomic E-state index is 0.368. The summed E-state index contributed by atoms with van der Waals surface area (Å²) < 4.78 is 5.13. The Kier molecular flexibility index (Phi) is 5.86. The highest BCUT2D eigenvalue weighted by Crippen LogP contribution is 2.20. The number of benzene rings is 2. The van der Waals surface area contributed by atoms with Crippen LogP contribution >= 0.6 is 0 Å². The number of hydrogen-bond donors (Lipinski definition) is 1. The number of likely N-dealkylation sites (tertiary alicyclic amines) is 1. The molecule has 0 aliphatic carbocycles. The third-order valence-corrected chi connectivity index (χ3v) is 4.71. The van der Waals surface area contributed by atoms with Crippen LogP contribution in [0.15, 0.2) is 54.6 Å². The maximum atomic E-state index is 12.3. The molecule has 0 unspecified atom stereocenters. The molecule has 6 nitrogen and oxygen atoms in total. The van der Waals surface area contributed by atoms with E-state index < -0.39 is 30.4 Å². The van der Waals surface area contributed by atoms with Gasteiger partial charge in [-0.3, -0.25) is 9.59 Å². The molecular formula is C21H22N2O4. The first-order chi connectivity index (χ1) is 13.1. The lowest BCUT2D eigenvalue weighted by molar-refractivity contribution is -0.143. The van der Waals surface area contributed by atoms with Crippen LogP contribution in [0, 0.1) is 0 Å². The fraction of sp³-hybridized carbons (Fsp3) is 0.286. The van der Waals surface area contributed by atoms with E-state index >= 15 is 0 Å². The molecule has 1 atom stereocenters. The number of carbonyl (C=O) groups is 3. The number of rotatable bonds is 5. The molecule has 1 fully saturated rings. The second kappa shape index (κ2) is 8.49. The van der Waals surface area contributed by atoms with Crippen molar-refractivity contribution < 1.29 is 19.1 Å². The largest absolute Gasteiger partial charge is 0.452 e. The highest BCUT2D eigenvalue weighted by molar-refractivity contribution is 5.93. The molecule has 1 aliphatic heterocycles. The summed E-state index contributed by atoms with van der Waals surface area (Å²) in [7, 11) is 0. The van der Waals surface area contributed by atoms with Crippen molar-refractivity contribution in [2.45, 2.75) is 25.3 Å². The SMILES string of the molecule is NC(=O)[C@@H]1CCCCN1C(=O)COC(=O)c1ccc(-c2ccccc2)cc1. The number of carbonyl (C=O) groups excluding carboxylic acids is 3. The smallest absolute Gasteiger partial charge is 0.338 e. The van der Waals surface area contributed by atoms with Crippen LogP contribution < -0.4 is 5.73 Å². The third kappa shape index (κ3) is 4.53. The Balaban J connectivity index is 1.59. The Labute approximate surface area is 157 Å². The monoisotopic (exact) mass is 366 g/mol. The predicted molar refractivity (Wildman–Crippen MR) is 101 cm³/mol. The van der Waals surface area contributed by atoms with Crippen LogP contribution in [0.2, 0.25) is 0 Å². The first kappa shape index (κ1) is 18.6. The van der Waals surface area contributed by atoms with Gasteiger partial charge in [0.2, 0.25) is 5.91 Å². The summed E-state index contributed by atoms with van der Waals surface area (Å²) in [4.78, 5) is 37.5. The molecule has 2 aromatic rings. The van der Waals surface area contributed by atoms with Gasteiger partial charge in [-0.25, -0.2) is 4.79 Å². The van der Waals surface area contributed by atoms with Crippen LogP contribution in [-0.4, -0.2) is 41.9 Å². The summed E-state index contributed by atoms with van der Waals surface area (Å²) in [6, 6.07) is 16.2. The summed E-state index contributed by atoms with van der Waals surface area (Å²) in [6.07, 6.45) is 2.21. The van der Waals surface area contributed by atoms with E-state index in [0.29, 0.717) is 18.5 Å². The molecule has 1 aliphatic rings. The fourth-order valence-corrected chi connectivity index (χ4v) is 3.25. The van der Waals surface area contributed by atoms with Crippen molar-refractivity contribution in [1.82, 2.24) is 4.90 Å². The first-order valence-corrected chi connectivity index (χ1v) is 8.97. The van der Waals surface area contributed by atoms with Crippen LogP contribution in [0.3, 0.4) is 0 Å². The number of hydrogen-bond acceptors (Lipinski definition) is 4. The highest BCUT2D eigenvalue weighted by Gasteiger charge is 2.31. The van der Waals surface area contributed by atoms with Gasteiger partial charge in [0.1, 0.15) is 6.04 Å². The Hall–Kier alpha value is -3.15. The molecule has 140 valence electrons. The zero-order chi connectivity index (χ0) is 19.2. The van der Waals surface area contributed by atoms with Crippen LogP contribution in [0.25, 0.3) is 11.1 Å². The van der Waals surface area contributed by atoms with Crippen LogP contribution in [-0.2, 0) is 14.3 Å². The van der Waals surface area contributed by atoms with Crippen molar-refractivity contribution in [1.29, 1.82) is 0 Å². The molecule has 0 bridgehead atoms. The summed E-state index contributed by atoms with van der Waals surface area (Å²) in [5.74, 6) is -1.49. The first-order valence-electron chi connectivity index (χ1n) is 8.97. The molecule has 0 saturated carbocycles. The van der Waals surface area contributed by atoms with Crippen molar-refractivity contribution in [2.24, 2.45) is 5.73 Å². The van der Waals surface area contributed by atoms with Gasteiger partial charge in [-0.2, -0.15) is 0 Å². The zero-order valence-electron chi connectivity index (χ0n) is 15.0. The van der Waals surface area contributed by atoms with Gasteiger partial charge in [0.25, 0.3) is 5.91 Å². The van der Waals surface area contributed by atoms with Crippen molar-refractivity contribution in [3.63, 3.8) is 0 Å². The molecule has 27 heavy (non-hydrogen) atoms. The van der Waals surface area contributed by atoms with Crippen LogP contribution in [0.1, 0.15) is 29.6 Å². The molecule has 2 aromatic carbocycles. The maximum absolute atomic E-state index is 12.3. The van der Waals surface area contributed by atoms with Crippen molar-refractivity contribution in [3.05, 3.63) is 60.2 Å². The average molecular weight is 366 g/mol. The van der Waals surface area contributed by atoms with E-state index in [1.807, 2.05) is 42.5 Å². The Morgan fingerprint density at radius 2 is 1.63 bits per heavy atom. The molecule has 2 amide bonds. The molecule has 0 aromatic heterocycles. The van der Waals surface area contributed by atoms with E-state index in [1.165, 1.54) is 4.90 Å². The molecule has 1 saturated heterocycles. The van der Waals surface area contributed by atoms with Gasteiger partial charge in [-0.05, 0) is 42.5 Å². The molecule has 6 heteroatoms. The van der Waals surface area contributed by atoms with Gasteiger partial charge in [-0.1, -0.05) is 42.5 Å². The van der Waals surface area contributed by atoms with Gasteiger partial charge in [0, 0.05) is 6.54 Å². The van der Waals surface area contributed by atoms with Gasteiger partial charge >= 0.3 is 5.97 Å². The van der Waals surface area contributed by atoms with Crippen molar-refractivity contribution >= 4 is 17.8 Å². The zero-order valence-corrected chi connectivity index (χ0v) is 15.0. The van der Waals surface area contributed by atoms with E-state index in [2.05, 4.69) is 0 Å². The minimum Gasteiger partial charge on any atom is -0.452 e. The van der Waals surface area contributed by atoms with Crippen molar-refractivity contribution in [2.75, 3.05) is 13.2 Å². The summed E-state index contributed by atoms with van der Waals surface area (Å²) in [5, 5.41) is 0. The molecule has 0 radical (unpaired) electrons. The van der Waals surface area contributed by atoms with E-state index in [1.54, 1.807) is 12.1 Å². The number of nitrogens with two attached hydrogens (primary N) is 1. The van der Waals surface area contributed by atoms with E-state index in [0.717, 1.165) is 24.0 Å². The van der Waals surface area contributed by atoms with Crippen molar-refractivity contribution in [3.8, 4) is 11.1 Å². The minimum atomic E-state index is -0.616. The molecular weight excluding hydrogens is 344 g/mol. The lowest BCUT2D eigenvalue weighted by Crippen LogP contribution is -2.51. The summed E-state index contributed by atoms with van der Waals surface area (Å²) in [5.41, 5.74) is 7.77. The summed E-state index contributed by atoms with van der Waals surface area (Å²) in [6.45, 7) is 0.0544. The lowest BCUT2D eigenvalue weighted by Gasteiger charge is -2.33. The quantitative estimate of drug-likeness (QED) is 0.823. The number of primary amides is 1. The third-order valence-electron chi connectivity index (χ3n) is 4.71. The van der Waals surface area contributed by atoms with E-state index in [4.69, 9.17) is 10.5 Å². The Bertz CT molecular complexity index is 818. The molecule has 0 spiro atoms. The lowest BCUT2D eigenvalue weighted by atomic mass is 10.0. The Morgan fingerprint density at radius 1 is 0.963 bits per heavy atom. The van der Waals surface area contributed by atoms with Gasteiger partial charge in [0.05, 0.1) is 5.56 Å². The number of esters is 1. The van der Waals surface area contributed by atoms with Gasteiger partial charge < -0.3 is 15.4 Å². The number of piperidine rings is 1. The Morgan fingerprint density at radius 3 is 2.30 bits per heavy atom. The van der Waals surface area contributed by atoms with Crippen LogP contribution in [0.4, 0.5) is 0 Å². The number of amides is 2. The predicted octanol–water partition coefficient (Wildman–Crippen LogP) is 2.38. The standard InChI is InChI=1S/C21H22N2O4/c22-20(25)18-8-4-5-13-23(18)19(24)14-27-21(26)17-11-9-16(10-12-17)15-6-2-1-3-7-15/h1-3,6-7,9-12,18H,4-5,8,13-14H2,(H2,22,25)/t18-/m0/s1. The molecule has 2 N–H and O–H groups in total.